The van der Waals surface area contributed by atoms with Crippen LogP contribution in [0.2, 0.25) is 0 Å². The number of anilines is 1. The van der Waals surface area contributed by atoms with E-state index < -0.39 is 0 Å². The summed E-state index contributed by atoms with van der Waals surface area (Å²) in [5.74, 6) is 0.846. The van der Waals surface area contributed by atoms with Gasteiger partial charge < -0.3 is 11.1 Å². The zero-order valence-electron chi connectivity index (χ0n) is 11.9. The summed E-state index contributed by atoms with van der Waals surface area (Å²) >= 11 is 0. The van der Waals surface area contributed by atoms with Crippen LogP contribution in [0, 0.1) is 6.92 Å². The molecule has 0 saturated heterocycles. The van der Waals surface area contributed by atoms with Crippen molar-refractivity contribution in [3.63, 3.8) is 0 Å². The van der Waals surface area contributed by atoms with Crippen LogP contribution in [0.5, 0.6) is 0 Å². The summed E-state index contributed by atoms with van der Waals surface area (Å²) in [6.45, 7) is 6.98. The fraction of sp³-hybridized carbons (Fsp3) is 0.467. The fourth-order valence-electron chi connectivity index (χ4n) is 2.26. The van der Waals surface area contributed by atoms with Gasteiger partial charge in [-0.15, -0.1) is 5.10 Å². The van der Waals surface area contributed by atoms with Crippen LogP contribution in [0.25, 0.3) is 10.8 Å². The van der Waals surface area contributed by atoms with Gasteiger partial charge in [0.15, 0.2) is 5.82 Å². The number of nitrogens with one attached hydrogen (secondary N) is 1. The van der Waals surface area contributed by atoms with E-state index in [1.54, 1.807) is 0 Å². The van der Waals surface area contributed by atoms with E-state index in [4.69, 9.17) is 5.73 Å². The quantitative estimate of drug-likeness (QED) is 0.865. The van der Waals surface area contributed by atoms with E-state index in [9.17, 15) is 0 Å². The highest BCUT2D eigenvalue weighted by Crippen LogP contribution is 2.27. The van der Waals surface area contributed by atoms with Crippen LogP contribution in [-0.2, 0) is 0 Å². The lowest BCUT2D eigenvalue weighted by atomic mass is 9.94. The molecule has 4 heteroatoms. The van der Waals surface area contributed by atoms with Crippen LogP contribution in [0.1, 0.15) is 32.4 Å². The topological polar surface area (TPSA) is 63.8 Å². The van der Waals surface area contributed by atoms with Crippen LogP contribution in [0.4, 0.5) is 5.82 Å². The number of nitrogens with two attached hydrogens (primary N) is 1. The van der Waals surface area contributed by atoms with Crippen LogP contribution in [0.3, 0.4) is 0 Å². The van der Waals surface area contributed by atoms with E-state index in [0.717, 1.165) is 35.1 Å². The van der Waals surface area contributed by atoms with Crippen LogP contribution >= 0.6 is 0 Å². The lowest BCUT2D eigenvalue weighted by Gasteiger charge is -2.30. The first kappa shape index (κ1) is 13.7. The molecule has 2 aromatic rings. The molecule has 0 aliphatic heterocycles. The van der Waals surface area contributed by atoms with Gasteiger partial charge in [-0.1, -0.05) is 31.2 Å². The van der Waals surface area contributed by atoms with E-state index in [0.29, 0.717) is 6.54 Å². The smallest absolute Gasteiger partial charge is 0.157 e. The third kappa shape index (κ3) is 2.84. The zero-order chi connectivity index (χ0) is 13.9. The molecule has 4 nitrogen and oxygen atoms in total. The molecule has 1 unspecified atom stereocenters. The lowest BCUT2D eigenvalue weighted by molar-refractivity contribution is 0.462. The minimum atomic E-state index is -0.0402. The second-order valence-electron chi connectivity index (χ2n) is 5.26. The molecule has 1 atom stereocenters. The molecule has 19 heavy (non-hydrogen) atoms. The Balaban J connectivity index is 2.43. The van der Waals surface area contributed by atoms with Gasteiger partial charge in [-0.2, -0.15) is 5.10 Å². The zero-order valence-corrected chi connectivity index (χ0v) is 11.9. The second-order valence-corrected chi connectivity index (χ2v) is 5.26. The summed E-state index contributed by atoms with van der Waals surface area (Å²) in [6, 6.07) is 8.22. The van der Waals surface area contributed by atoms with E-state index in [1.807, 2.05) is 19.1 Å². The lowest BCUT2D eigenvalue weighted by Crippen LogP contribution is -2.36. The molecular formula is C15H22N4. The molecule has 102 valence electrons. The van der Waals surface area contributed by atoms with Crippen LogP contribution in [0.15, 0.2) is 24.3 Å². The average Bonchev–Trinajstić information content (AvgIpc) is 2.43. The van der Waals surface area contributed by atoms with Crippen molar-refractivity contribution in [1.29, 1.82) is 0 Å². The van der Waals surface area contributed by atoms with E-state index >= 15 is 0 Å². The maximum atomic E-state index is 5.70. The van der Waals surface area contributed by atoms with Crippen LogP contribution < -0.4 is 11.1 Å². The number of nitrogens with zero attached hydrogens (tertiary/aromatic N) is 2. The van der Waals surface area contributed by atoms with Gasteiger partial charge in [0, 0.05) is 16.3 Å². The minimum absolute atomic E-state index is 0.0402. The Bertz CT molecular complexity index is 567. The van der Waals surface area contributed by atoms with Gasteiger partial charge >= 0.3 is 0 Å². The van der Waals surface area contributed by atoms with Gasteiger partial charge in [-0.05, 0) is 33.2 Å². The molecule has 1 aromatic heterocycles. The van der Waals surface area contributed by atoms with Gasteiger partial charge in [0.05, 0.1) is 5.69 Å². The number of hydrogen-bond donors (Lipinski definition) is 2. The molecule has 2 rings (SSSR count). The van der Waals surface area contributed by atoms with Crippen molar-refractivity contribution >= 4 is 16.6 Å². The highest BCUT2D eigenvalue weighted by molar-refractivity contribution is 5.93. The van der Waals surface area contributed by atoms with Crippen LogP contribution in [-0.4, -0.2) is 22.3 Å². The first-order chi connectivity index (χ1) is 9.09. The number of aromatic nitrogens is 2. The molecule has 0 fully saturated rings. The molecule has 0 aliphatic rings. The normalized spacial score (nSPS) is 14.3. The molecule has 0 saturated carbocycles. The summed E-state index contributed by atoms with van der Waals surface area (Å²) in [7, 11) is 0. The molecular weight excluding hydrogens is 236 g/mol. The molecule has 0 aliphatic carbocycles. The summed E-state index contributed by atoms with van der Waals surface area (Å²) in [5.41, 5.74) is 6.62. The first-order valence-electron chi connectivity index (χ1n) is 6.80. The Morgan fingerprint density at radius 2 is 1.89 bits per heavy atom. The summed E-state index contributed by atoms with van der Waals surface area (Å²) in [6.07, 6.45) is 1.90. The Hall–Kier alpha value is -1.68. The summed E-state index contributed by atoms with van der Waals surface area (Å²) < 4.78 is 0. The predicted octanol–water partition coefficient (Wildman–Crippen LogP) is 2.87. The van der Waals surface area contributed by atoms with Gasteiger partial charge in [-0.3, -0.25) is 0 Å². The van der Waals surface area contributed by atoms with Crippen molar-refractivity contribution < 1.29 is 0 Å². The number of benzene rings is 1. The maximum absolute atomic E-state index is 5.70. The van der Waals surface area contributed by atoms with Crippen molar-refractivity contribution in [3.05, 3.63) is 30.0 Å². The van der Waals surface area contributed by atoms with Gasteiger partial charge in [0.25, 0.3) is 0 Å². The maximum Gasteiger partial charge on any atom is 0.157 e. The minimum Gasteiger partial charge on any atom is -0.363 e. The Kier molecular flexibility index (Phi) is 4.00. The molecule has 1 heterocycles. The number of hydrogen-bond acceptors (Lipinski definition) is 4. The van der Waals surface area contributed by atoms with Gasteiger partial charge in [-0.25, -0.2) is 0 Å². The molecule has 1 aromatic carbocycles. The highest BCUT2D eigenvalue weighted by atomic mass is 15.2. The summed E-state index contributed by atoms with van der Waals surface area (Å²) in [5, 5.41) is 14.3. The van der Waals surface area contributed by atoms with E-state index in [2.05, 4.69) is 41.5 Å². The molecule has 0 radical (unpaired) electrons. The van der Waals surface area contributed by atoms with Crippen molar-refractivity contribution in [3.8, 4) is 0 Å². The Morgan fingerprint density at radius 1 is 1.21 bits per heavy atom. The predicted molar refractivity (Wildman–Crippen MR) is 80.3 cm³/mol. The summed E-state index contributed by atoms with van der Waals surface area (Å²) in [4.78, 5) is 0. The van der Waals surface area contributed by atoms with Crippen molar-refractivity contribution in [1.82, 2.24) is 10.2 Å². The molecule has 0 spiro atoms. The van der Waals surface area contributed by atoms with Crippen molar-refractivity contribution in [2.45, 2.75) is 39.2 Å². The number of fused-ring (bicyclic) bond motifs is 1. The third-order valence-electron chi connectivity index (χ3n) is 3.77. The fourth-order valence-corrected chi connectivity index (χ4v) is 2.26. The largest absolute Gasteiger partial charge is 0.363 e. The average molecular weight is 258 g/mol. The Morgan fingerprint density at radius 3 is 2.53 bits per heavy atom. The van der Waals surface area contributed by atoms with E-state index in [-0.39, 0.29) is 5.54 Å². The van der Waals surface area contributed by atoms with Crippen molar-refractivity contribution in [2.75, 3.05) is 11.9 Å². The van der Waals surface area contributed by atoms with Crippen molar-refractivity contribution in [2.24, 2.45) is 5.73 Å². The molecule has 0 amide bonds. The second kappa shape index (κ2) is 5.53. The first-order valence-corrected chi connectivity index (χ1v) is 6.80. The highest BCUT2D eigenvalue weighted by Gasteiger charge is 2.22. The Labute approximate surface area is 114 Å². The number of rotatable bonds is 5. The van der Waals surface area contributed by atoms with Gasteiger partial charge in [0.1, 0.15) is 0 Å². The van der Waals surface area contributed by atoms with Gasteiger partial charge in [0.2, 0.25) is 0 Å². The third-order valence-corrected chi connectivity index (χ3v) is 3.77. The number of aryl methyl sites for hydroxylation is 1. The molecule has 0 bridgehead atoms. The molecule has 3 N–H and O–H groups in total. The monoisotopic (exact) mass is 258 g/mol. The SMILES string of the molecule is CCC(C)(CCN)Nc1nnc(C)c2ccccc12. The standard InChI is InChI=1S/C15H22N4/c1-4-15(3,9-10-16)17-14-13-8-6-5-7-12(13)11(2)18-19-14/h5-8H,4,9-10,16H2,1-3H3,(H,17,19). The van der Waals surface area contributed by atoms with E-state index in [1.165, 1.54) is 0 Å².